The number of hydrogen-bond acceptors (Lipinski definition) is 3. The van der Waals surface area contributed by atoms with Crippen LogP contribution >= 0.6 is 31.9 Å². The first-order chi connectivity index (χ1) is 7.09. The lowest BCUT2D eigenvalue weighted by atomic mass is 10.4. The van der Waals surface area contributed by atoms with E-state index in [4.69, 9.17) is 0 Å². The summed E-state index contributed by atoms with van der Waals surface area (Å²) in [5.41, 5.74) is 1.96. The average molecular weight is 332 g/mol. The highest BCUT2D eigenvalue weighted by atomic mass is 79.9. The van der Waals surface area contributed by atoms with Crippen LogP contribution in [0.5, 0.6) is 0 Å². The maximum atomic E-state index is 4.36. The minimum atomic E-state index is 0.713. The van der Waals surface area contributed by atoms with Crippen molar-refractivity contribution in [3.05, 3.63) is 32.9 Å². The predicted molar refractivity (Wildman–Crippen MR) is 64.0 cm³/mol. The maximum absolute atomic E-state index is 4.36. The van der Waals surface area contributed by atoms with Gasteiger partial charge in [-0.25, -0.2) is 14.6 Å². The van der Waals surface area contributed by atoms with Gasteiger partial charge in [-0.05, 0) is 45.7 Å². The Morgan fingerprint density at radius 2 is 1.87 bits per heavy atom. The van der Waals surface area contributed by atoms with Crippen LogP contribution in [0, 0.1) is 13.8 Å². The third-order valence-corrected chi connectivity index (χ3v) is 3.58. The van der Waals surface area contributed by atoms with Crippen molar-refractivity contribution in [2.75, 3.05) is 0 Å². The molecule has 2 rings (SSSR count). The van der Waals surface area contributed by atoms with Crippen LogP contribution in [0.4, 0.5) is 0 Å². The monoisotopic (exact) mass is 330 g/mol. The zero-order valence-electron chi connectivity index (χ0n) is 8.20. The van der Waals surface area contributed by atoms with Crippen LogP contribution in [0.3, 0.4) is 0 Å². The quantitative estimate of drug-likeness (QED) is 0.807. The first-order valence-corrected chi connectivity index (χ1v) is 5.88. The summed E-state index contributed by atoms with van der Waals surface area (Å²) in [5, 5.41) is 4.36. The Bertz CT molecular complexity index is 490. The summed E-state index contributed by atoms with van der Waals surface area (Å²) in [7, 11) is 0. The molecule has 4 nitrogen and oxygen atoms in total. The van der Waals surface area contributed by atoms with Crippen molar-refractivity contribution in [2.45, 2.75) is 13.8 Å². The number of nitrogens with zero attached hydrogens (tertiary/aromatic N) is 4. The normalized spacial score (nSPS) is 10.7. The molecule has 6 heteroatoms. The lowest BCUT2D eigenvalue weighted by molar-refractivity contribution is 0.797. The molecule has 0 fully saturated rings. The molecule has 0 aliphatic carbocycles. The molecule has 15 heavy (non-hydrogen) atoms. The fourth-order valence-corrected chi connectivity index (χ4v) is 1.71. The highest BCUT2D eigenvalue weighted by molar-refractivity contribution is 9.10. The Hall–Kier alpha value is -0.750. The van der Waals surface area contributed by atoms with E-state index < -0.39 is 0 Å². The van der Waals surface area contributed by atoms with Crippen molar-refractivity contribution in [1.29, 1.82) is 0 Å². The summed E-state index contributed by atoms with van der Waals surface area (Å²) in [6, 6.07) is 0. The molecule has 78 valence electrons. The van der Waals surface area contributed by atoms with Gasteiger partial charge in [0, 0.05) is 0 Å². The molecule has 2 aromatic rings. The Morgan fingerprint density at radius 3 is 2.33 bits per heavy atom. The van der Waals surface area contributed by atoms with E-state index in [2.05, 4.69) is 46.9 Å². The number of rotatable bonds is 1. The Kier molecular flexibility index (Phi) is 2.88. The highest BCUT2D eigenvalue weighted by Crippen LogP contribution is 2.21. The summed E-state index contributed by atoms with van der Waals surface area (Å²) < 4.78 is 3.48. The maximum Gasteiger partial charge on any atom is 0.172 e. The minimum Gasteiger partial charge on any atom is -0.244 e. The predicted octanol–water partition coefficient (Wildman–Crippen LogP) is 2.80. The molecule has 2 aromatic heterocycles. The lowest BCUT2D eigenvalue weighted by Gasteiger charge is -2.01. The molecule has 0 saturated heterocycles. The van der Waals surface area contributed by atoms with Crippen molar-refractivity contribution >= 4 is 31.9 Å². The molecular formula is C9H8Br2N4. The van der Waals surface area contributed by atoms with Gasteiger partial charge >= 0.3 is 0 Å². The van der Waals surface area contributed by atoms with Crippen molar-refractivity contribution in [2.24, 2.45) is 0 Å². The van der Waals surface area contributed by atoms with Gasteiger partial charge in [0.25, 0.3) is 0 Å². The second kappa shape index (κ2) is 4.02. The van der Waals surface area contributed by atoms with Gasteiger partial charge in [0.15, 0.2) is 5.82 Å². The first-order valence-electron chi connectivity index (χ1n) is 4.29. The van der Waals surface area contributed by atoms with E-state index in [1.54, 1.807) is 17.1 Å². The van der Waals surface area contributed by atoms with Crippen molar-refractivity contribution < 1.29 is 0 Å². The van der Waals surface area contributed by atoms with Gasteiger partial charge in [-0.2, -0.15) is 5.10 Å². The standard InChI is InChI=1S/C9H8Br2N4/c1-5-9(11)6(2)15(14-5)8-4-12-7(10)3-13-8/h3-4H,1-2H3. The number of aromatic nitrogens is 4. The summed E-state index contributed by atoms with van der Waals surface area (Å²) in [5.74, 6) is 0.713. The Balaban J connectivity index is 2.54. The molecule has 0 aromatic carbocycles. The van der Waals surface area contributed by atoms with Gasteiger partial charge in [-0.3, -0.25) is 0 Å². The van der Waals surface area contributed by atoms with Gasteiger partial charge in [0.2, 0.25) is 0 Å². The fourth-order valence-electron chi connectivity index (χ4n) is 1.26. The van der Waals surface area contributed by atoms with E-state index in [1.807, 2.05) is 13.8 Å². The second-order valence-electron chi connectivity index (χ2n) is 3.09. The fraction of sp³-hybridized carbons (Fsp3) is 0.222. The van der Waals surface area contributed by atoms with Crippen LogP contribution < -0.4 is 0 Å². The van der Waals surface area contributed by atoms with E-state index in [9.17, 15) is 0 Å². The molecule has 0 aliphatic rings. The number of hydrogen-bond donors (Lipinski definition) is 0. The summed E-state index contributed by atoms with van der Waals surface area (Å²) in [6.45, 7) is 3.92. The lowest BCUT2D eigenvalue weighted by Crippen LogP contribution is -2.02. The summed E-state index contributed by atoms with van der Waals surface area (Å²) in [6.07, 6.45) is 3.33. The van der Waals surface area contributed by atoms with Gasteiger partial charge in [-0.1, -0.05) is 0 Å². The molecule has 0 bridgehead atoms. The van der Waals surface area contributed by atoms with E-state index in [0.717, 1.165) is 15.9 Å². The molecule has 0 radical (unpaired) electrons. The van der Waals surface area contributed by atoms with Crippen LogP contribution in [0.2, 0.25) is 0 Å². The molecule has 0 spiro atoms. The molecule has 2 heterocycles. The van der Waals surface area contributed by atoms with Crippen LogP contribution in [0.15, 0.2) is 21.5 Å². The second-order valence-corrected chi connectivity index (χ2v) is 4.70. The first kappa shape index (κ1) is 10.8. The summed E-state index contributed by atoms with van der Waals surface area (Å²) >= 11 is 6.71. The highest BCUT2D eigenvalue weighted by Gasteiger charge is 2.10. The average Bonchev–Trinajstić information content (AvgIpc) is 2.47. The smallest absolute Gasteiger partial charge is 0.172 e. The van der Waals surface area contributed by atoms with Crippen molar-refractivity contribution in [3.63, 3.8) is 0 Å². The largest absolute Gasteiger partial charge is 0.244 e. The minimum absolute atomic E-state index is 0.713. The van der Waals surface area contributed by atoms with Gasteiger partial charge < -0.3 is 0 Å². The molecule has 0 aliphatic heterocycles. The van der Waals surface area contributed by atoms with Crippen molar-refractivity contribution in [3.8, 4) is 5.82 Å². The Labute approximate surface area is 104 Å². The third-order valence-electron chi connectivity index (χ3n) is 2.03. The van der Waals surface area contributed by atoms with Crippen LogP contribution in [0.25, 0.3) is 5.82 Å². The van der Waals surface area contributed by atoms with Gasteiger partial charge in [-0.15, -0.1) is 0 Å². The summed E-state index contributed by atoms with van der Waals surface area (Å²) in [4.78, 5) is 8.35. The van der Waals surface area contributed by atoms with E-state index in [1.165, 1.54) is 0 Å². The SMILES string of the molecule is Cc1nn(-c2cnc(Br)cn2)c(C)c1Br. The Morgan fingerprint density at radius 1 is 1.13 bits per heavy atom. The number of halogens is 2. The van der Waals surface area contributed by atoms with E-state index in [0.29, 0.717) is 10.4 Å². The molecule has 0 amide bonds. The molecule has 0 unspecified atom stereocenters. The zero-order chi connectivity index (χ0) is 11.0. The van der Waals surface area contributed by atoms with Crippen LogP contribution in [0.1, 0.15) is 11.4 Å². The zero-order valence-corrected chi connectivity index (χ0v) is 11.4. The van der Waals surface area contributed by atoms with Crippen molar-refractivity contribution in [1.82, 2.24) is 19.7 Å². The van der Waals surface area contributed by atoms with Crippen LogP contribution in [-0.4, -0.2) is 19.7 Å². The molecular weight excluding hydrogens is 324 g/mol. The molecule has 0 atom stereocenters. The third kappa shape index (κ3) is 1.96. The van der Waals surface area contributed by atoms with Gasteiger partial charge in [0.1, 0.15) is 4.60 Å². The molecule has 0 saturated carbocycles. The topological polar surface area (TPSA) is 43.6 Å². The van der Waals surface area contributed by atoms with Crippen LogP contribution in [-0.2, 0) is 0 Å². The molecule has 0 N–H and O–H groups in total. The van der Waals surface area contributed by atoms with Gasteiger partial charge in [0.05, 0.1) is 28.3 Å². The van der Waals surface area contributed by atoms with E-state index in [-0.39, 0.29) is 0 Å². The number of aryl methyl sites for hydroxylation is 1. The van der Waals surface area contributed by atoms with E-state index >= 15 is 0 Å².